The largest absolute Gasteiger partial charge is 0.481 e. The number of aliphatic carboxylic acids is 1. The highest BCUT2D eigenvalue weighted by molar-refractivity contribution is 5.78. The Hall–Kier alpha value is -4.08. The van der Waals surface area contributed by atoms with Crippen molar-refractivity contribution in [2.75, 3.05) is 19.6 Å². The Morgan fingerprint density at radius 2 is 1.41 bits per heavy atom. The number of rotatable bonds is 14. The van der Waals surface area contributed by atoms with E-state index in [9.17, 15) is 18.8 Å². The maximum atomic E-state index is 14.0. The van der Waals surface area contributed by atoms with Gasteiger partial charge in [0.25, 0.3) is 5.56 Å². The number of unbranched alkanes of at least 4 members (excludes halogenated alkanes) is 2. The van der Waals surface area contributed by atoms with Gasteiger partial charge >= 0.3 is 11.7 Å². The number of carboxylic acid groups (broad SMARTS) is 1. The van der Waals surface area contributed by atoms with Crippen molar-refractivity contribution in [3.8, 4) is 0 Å². The van der Waals surface area contributed by atoms with Crippen molar-refractivity contribution in [2.24, 2.45) is 0 Å². The summed E-state index contributed by atoms with van der Waals surface area (Å²) >= 11 is 0. The number of halogens is 1. The van der Waals surface area contributed by atoms with E-state index in [1.807, 2.05) is 36.4 Å². The first-order valence-corrected chi connectivity index (χ1v) is 15.5. The molecule has 1 fully saturated rings. The third-order valence-electron chi connectivity index (χ3n) is 8.38. The molecule has 1 N–H and O–H groups in total. The molecule has 1 aliphatic rings. The minimum atomic E-state index is -0.921. The predicted octanol–water partition coefficient (Wildman–Crippen LogP) is 5.61. The summed E-state index contributed by atoms with van der Waals surface area (Å²) in [7, 11) is 0. The Morgan fingerprint density at radius 3 is 2.05 bits per heavy atom. The van der Waals surface area contributed by atoms with Crippen molar-refractivity contribution in [3.63, 3.8) is 0 Å². The van der Waals surface area contributed by atoms with Crippen molar-refractivity contribution in [1.29, 1.82) is 0 Å². The summed E-state index contributed by atoms with van der Waals surface area (Å²) in [5.74, 6) is -1.46. The zero-order valence-corrected chi connectivity index (χ0v) is 24.9. The molecule has 0 saturated carbocycles. The van der Waals surface area contributed by atoms with Crippen LogP contribution >= 0.6 is 0 Å². The number of aryl methyl sites for hydroxylation is 1. The van der Waals surface area contributed by atoms with E-state index in [4.69, 9.17) is 9.84 Å². The van der Waals surface area contributed by atoms with Crippen LogP contribution in [0.4, 0.5) is 4.39 Å². The molecule has 5 rings (SSSR count). The van der Waals surface area contributed by atoms with E-state index in [0.29, 0.717) is 24.9 Å². The first-order valence-electron chi connectivity index (χ1n) is 15.5. The molecule has 0 amide bonds. The van der Waals surface area contributed by atoms with Gasteiger partial charge in [-0.3, -0.25) is 18.7 Å². The van der Waals surface area contributed by atoms with Crippen molar-refractivity contribution < 1.29 is 19.0 Å². The third-order valence-corrected chi connectivity index (χ3v) is 8.38. The fraction of sp³-hybridized carbons (Fsp3) is 0.400. The van der Waals surface area contributed by atoms with Crippen LogP contribution in [0.5, 0.6) is 0 Å². The third kappa shape index (κ3) is 7.89. The van der Waals surface area contributed by atoms with Gasteiger partial charge in [0.1, 0.15) is 11.9 Å². The van der Waals surface area contributed by atoms with Gasteiger partial charge in [0.05, 0.1) is 17.0 Å². The Balaban J connectivity index is 1.16. The van der Waals surface area contributed by atoms with Crippen LogP contribution in [0.3, 0.4) is 0 Å². The summed E-state index contributed by atoms with van der Waals surface area (Å²) in [6.07, 6.45) is 4.24. The molecule has 3 aromatic carbocycles. The van der Waals surface area contributed by atoms with E-state index in [0.717, 1.165) is 61.0 Å². The lowest BCUT2D eigenvalue weighted by Gasteiger charge is -2.34. The first kappa shape index (κ1) is 31.3. The van der Waals surface area contributed by atoms with Crippen LogP contribution in [0.25, 0.3) is 10.9 Å². The van der Waals surface area contributed by atoms with E-state index in [2.05, 4.69) is 29.2 Å². The van der Waals surface area contributed by atoms with Crippen molar-refractivity contribution in [3.05, 3.63) is 117 Å². The van der Waals surface area contributed by atoms with Gasteiger partial charge in [-0.1, -0.05) is 60.7 Å². The van der Waals surface area contributed by atoms with Gasteiger partial charge in [0.15, 0.2) is 0 Å². The van der Waals surface area contributed by atoms with Crippen molar-refractivity contribution in [1.82, 2.24) is 14.0 Å². The van der Waals surface area contributed by atoms with E-state index >= 15 is 0 Å². The summed E-state index contributed by atoms with van der Waals surface area (Å²) in [6.45, 7) is 3.27. The minimum Gasteiger partial charge on any atom is -0.481 e. The Bertz CT molecular complexity index is 1610. The second kappa shape index (κ2) is 15.1. The number of hydrogen-bond acceptors (Lipinski definition) is 5. The molecule has 1 aliphatic heterocycles. The van der Waals surface area contributed by atoms with Gasteiger partial charge in [-0.25, -0.2) is 9.18 Å². The standard InChI is InChI=1S/C35H40FN3O5/c36-28-16-17-31-30(25-28)34(42)39(22-8-7-15-32(40)41)35(43)38(31)21-10-9-20-37-23-18-29(19-24-37)44-33(26-11-3-1-4-12-26)27-13-5-2-6-14-27/h1-6,11-14,16-17,25,29,33H,7-10,15,18-24H2,(H,40,41). The second-order valence-electron chi connectivity index (χ2n) is 11.5. The topological polar surface area (TPSA) is 93.8 Å². The van der Waals surface area contributed by atoms with Crippen LogP contribution in [0.2, 0.25) is 0 Å². The van der Waals surface area contributed by atoms with Crippen LogP contribution in [0, 0.1) is 5.82 Å². The summed E-state index contributed by atoms with van der Waals surface area (Å²) in [6, 6.07) is 24.6. The number of hydrogen-bond donors (Lipinski definition) is 1. The van der Waals surface area contributed by atoms with E-state index < -0.39 is 23.0 Å². The van der Waals surface area contributed by atoms with Gasteiger partial charge in [0.2, 0.25) is 0 Å². The summed E-state index contributed by atoms with van der Waals surface area (Å²) in [5, 5.41) is 9.06. The second-order valence-corrected chi connectivity index (χ2v) is 11.5. The number of piperidine rings is 1. The lowest BCUT2D eigenvalue weighted by Crippen LogP contribution is -2.40. The van der Waals surface area contributed by atoms with Crippen LogP contribution < -0.4 is 11.2 Å². The lowest BCUT2D eigenvalue weighted by molar-refractivity contribution is -0.137. The molecule has 1 aromatic heterocycles. The van der Waals surface area contributed by atoms with Gasteiger partial charge in [-0.2, -0.15) is 0 Å². The monoisotopic (exact) mass is 601 g/mol. The highest BCUT2D eigenvalue weighted by Crippen LogP contribution is 2.30. The zero-order valence-electron chi connectivity index (χ0n) is 24.9. The number of carbonyl (C=O) groups is 1. The number of benzene rings is 3. The van der Waals surface area contributed by atoms with Crippen molar-refractivity contribution in [2.45, 2.75) is 70.2 Å². The quantitative estimate of drug-likeness (QED) is 0.189. The maximum absolute atomic E-state index is 14.0. The number of ether oxygens (including phenoxy) is 1. The Kier molecular flexibility index (Phi) is 10.7. The number of nitrogens with zero attached hydrogens (tertiary/aromatic N) is 3. The molecule has 0 aliphatic carbocycles. The number of carboxylic acids is 1. The smallest absolute Gasteiger partial charge is 0.331 e. The van der Waals surface area contributed by atoms with Gasteiger partial charge in [-0.15, -0.1) is 0 Å². The highest BCUT2D eigenvalue weighted by atomic mass is 19.1. The molecular formula is C35H40FN3O5. The molecule has 8 nitrogen and oxygen atoms in total. The molecule has 0 radical (unpaired) electrons. The Labute approximate surface area is 256 Å². The molecule has 44 heavy (non-hydrogen) atoms. The molecule has 1 saturated heterocycles. The molecule has 0 spiro atoms. The fourth-order valence-electron chi connectivity index (χ4n) is 6.03. The zero-order chi connectivity index (χ0) is 30.9. The average molecular weight is 602 g/mol. The summed E-state index contributed by atoms with van der Waals surface area (Å²) in [5.41, 5.74) is 1.75. The van der Waals surface area contributed by atoms with Gasteiger partial charge in [0, 0.05) is 32.6 Å². The average Bonchev–Trinajstić information content (AvgIpc) is 3.04. The molecule has 2 heterocycles. The lowest BCUT2D eigenvalue weighted by atomic mass is 10.00. The van der Waals surface area contributed by atoms with Crippen LogP contribution in [-0.2, 0) is 22.6 Å². The molecule has 0 unspecified atom stereocenters. The molecular weight excluding hydrogens is 561 g/mol. The normalized spacial score (nSPS) is 14.4. The van der Waals surface area contributed by atoms with Crippen LogP contribution in [-0.4, -0.2) is 50.8 Å². The minimum absolute atomic E-state index is 0.0326. The molecule has 232 valence electrons. The van der Waals surface area contributed by atoms with E-state index in [-0.39, 0.29) is 30.6 Å². The molecule has 0 atom stereocenters. The first-order chi connectivity index (χ1) is 21.4. The molecule has 9 heteroatoms. The molecule has 0 bridgehead atoms. The Morgan fingerprint density at radius 1 is 0.818 bits per heavy atom. The van der Waals surface area contributed by atoms with E-state index in [1.54, 1.807) is 4.57 Å². The summed E-state index contributed by atoms with van der Waals surface area (Å²) < 4.78 is 23.4. The maximum Gasteiger partial charge on any atom is 0.331 e. The molecule has 4 aromatic rings. The van der Waals surface area contributed by atoms with Crippen LogP contribution in [0.1, 0.15) is 62.2 Å². The number of fused-ring (bicyclic) bond motifs is 1. The highest BCUT2D eigenvalue weighted by Gasteiger charge is 2.24. The SMILES string of the molecule is O=C(O)CCCCn1c(=O)c2cc(F)ccc2n(CCCCN2CCC(OC(c3ccccc3)c3ccccc3)CC2)c1=O. The fourth-order valence-corrected chi connectivity index (χ4v) is 6.03. The predicted molar refractivity (Wildman–Crippen MR) is 168 cm³/mol. The number of likely N-dealkylation sites (tertiary alicyclic amines) is 1. The van der Waals surface area contributed by atoms with Gasteiger partial charge in [-0.05, 0) is 74.4 Å². The summed E-state index contributed by atoms with van der Waals surface area (Å²) in [4.78, 5) is 39.6. The number of aromatic nitrogens is 2. The van der Waals surface area contributed by atoms with Crippen LogP contribution in [0.15, 0.2) is 88.5 Å². The van der Waals surface area contributed by atoms with Crippen molar-refractivity contribution >= 4 is 16.9 Å². The van der Waals surface area contributed by atoms with E-state index in [1.165, 1.54) is 18.2 Å². The van der Waals surface area contributed by atoms with Gasteiger partial charge < -0.3 is 14.7 Å².